The predicted molar refractivity (Wildman–Crippen MR) is 55.9 cm³/mol. The second kappa shape index (κ2) is 3.20. The van der Waals surface area contributed by atoms with Crippen molar-refractivity contribution in [2.75, 3.05) is 0 Å². The van der Waals surface area contributed by atoms with Crippen LogP contribution in [-0.2, 0) is 6.42 Å². The Morgan fingerprint density at radius 3 is 3.08 bits per heavy atom. The van der Waals surface area contributed by atoms with Crippen LogP contribution >= 0.6 is 11.3 Å². The molecule has 13 heavy (non-hydrogen) atoms. The summed E-state index contributed by atoms with van der Waals surface area (Å²) < 4.78 is 1.27. The van der Waals surface area contributed by atoms with Crippen LogP contribution in [-0.4, -0.2) is 0 Å². The molecule has 0 unspecified atom stereocenters. The van der Waals surface area contributed by atoms with Crippen molar-refractivity contribution in [2.24, 2.45) is 0 Å². The standard InChI is InChI=1S/C11H9NS/c1-8-2-3-11-10(6-8)9(4-5-12)7-13-11/h2-3,6-7H,4H2,1H3. The highest BCUT2D eigenvalue weighted by Gasteiger charge is 2.02. The third-order valence-electron chi connectivity index (χ3n) is 2.08. The van der Waals surface area contributed by atoms with E-state index in [0.29, 0.717) is 6.42 Å². The van der Waals surface area contributed by atoms with E-state index in [-0.39, 0.29) is 0 Å². The van der Waals surface area contributed by atoms with E-state index in [4.69, 9.17) is 5.26 Å². The SMILES string of the molecule is Cc1ccc2scc(CC#N)c2c1. The van der Waals surface area contributed by atoms with E-state index in [1.54, 1.807) is 11.3 Å². The third kappa shape index (κ3) is 1.43. The molecule has 1 aromatic heterocycles. The third-order valence-corrected chi connectivity index (χ3v) is 3.09. The quantitative estimate of drug-likeness (QED) is 0.672. The van der Waals surface area contributed by atoms with Crippen molar-refractivity contribution in [3.8, 4) is 6.07 Å². The van der Waals surface area contributed by atoms with Crippen molar-refractivity contribution < 1.29 is 0 Å². The van der Waals surface area contributed by atoms with Crippen molar-refractivity contribution in [1.82, 2.24) is 0 Å². The number of benzene rings is 1. The molecule has 0 amide bonds. The van der Waals surface area contributed by atoms with Crippen molar-refractivity contribution >= 4 is 21.4 Å². The average molecular weight is 187 g/mol. The van der Waals surface area contributed by atoms with E-state index >= 15 is 0 Å². The van der Waals surface area contributed by atoms with Gasteiger partial charge in [0.1, 0.15) is 0 Å². The Morgan fingerprint density at radius 1 is 1.46 bits per heavy atom. The van der Waals surface area contributed by atoms with E-state index in [0.717, 1.165) is 5.56 Å². The lowest BCUT2D eigenvalue weighted by atomic mass is 10.1. The molecule has 2 aromatic rings. The highest BCUT2D eigenvalue weighted by molar-refractivity contribution is 7.17. The molecule has 2 heteroatoms. The van der Waals surface area contributed by atoms with Crippen LogP contribution < -0.4 is 0 Å². The molecule has 1 aromatic carbocycles. The lowest BCUT2D eigenvalue weighted by Gasteiger charge is -1.94. The number of nitriles is 1. The van der Waals surface area contributed by atoms with Gasteiger partial charge in [-0.15, -0.1) is 11.3 Å². The summed E-state index contributed by atoms with van der Waals surface area (Å²) in [6, 6.07) is 8.57. The molecule has 0 spiro atoms. The minimum atomic E-state index is 0.517. The Balaban J connectivity index is 2.66. The van der Waals surface area contributed by atoms with Crippen LogP contribution in [0.3, 0.4) is 0 Å². The van der Waals surface area contributed by atoms with Gasteiger partial charge < -0.3 is 0 Å². The molecule has 0 aliphatic rings. The Kier molecular flexibility index (Phi) is 2.03. The summed E-state index contributed by atoms with van der Waals surface area (Å²) in [4.78, 5) is 0. The number of rotatable bonds is 1. The highest BCUT2D eigenvalue weighted by atomic mass is 32.1. The fourth-order valence-corrected chi connectivity index (χ4v) is 2.36. The first-order chi connectivity index (χ1) is 6.31. The maximum atomic E-state index is 8.62. The Bertz CT molecular complexity index is 476. The normalized spacial score (nSPS) is 10.2. The van der Waals surface area contributed by atoms with Gasteiger partial charge in [0.15, 0.2) is 0 Å². The molecule has 0 atom stereocenters. The molecule has 0 fully saturated rings. The fraction of sp³-hybridized carbons (Fsp3) is 0.182. The summed E-state index contributed by atoms with van der Waals surface area (Å²) in [6.07, 6.45) is 0.517. The molecule has 0 aliphatic carbocycles. The lowest BCUT2D eigenvalue weighted by Crippen LogP contribution is -1.78. The smallest absolute Gasteiger partial charge is 0.0670 e. The molecule has 2 rings (SSSR count). The van der Waals surface area contributed by atoms with Crippen molar-refractivity contribution in [2.45, 2.75) is 13.3 Å². The number of hydrogen-bond donors (Lipinski definition) is 0. The van der Waals surface area contributed by atoms with Gasteiger partial charge in [0.05, 0.1) is 12.5 Å². The van der Waals surface area contributed by atoms with Gasteiger partial charge in [-0.1, -0.05) is 17.7 Å². The van der Waals surface area contributed by atoms with Gasteiger partial charge in [0.25, 0.3) is 0 Å². The molecule has 1 heterocycles. The minimum absolute atomic E-state index is 0.517. The topological polar surface area (TPSA) is 23.8 Å². The van der Waals surface area contributed by atoms with Crippen LogP contribution in [0.2, 0.25) is 0 Å². The number of aryl methyl sites for hydroxylation is 1. The van der Waals surface area contributed by atoms with E-state index in [1.165, 1.54) is 15.6 Å². The number of hydrogen-bond acceptors (Lipinski definition) is 2. The number of fused-ring (bicyclic) bond motifs is 1. The average Bonchev–Trinajstić information content (AvgIpc) is 2.49. The van der Waals surface area contributed by atoms with Crippen LogP contribution in [0.4, 0.5) is 0 Å². The number of nitrogens with zero attached hydrogens (tertiary/aromatic N) is 1. The molecular formula is C11H9NS. The summed E-state index contributed by atoms with van der Waals surface area (Å²) in [5, 5.41) is 11.9. The minimum Gasteiger partial charge on any atom is -0.198 e. The van der Waals surface area contributed by atoms with Gasteiger partial charge in [0.2, 0.25) is 0 Å². The van der Waals surface area contributed by atoms with Crippen molar-refractivity contribution in [3.63, 3.8) is 0 Å². The first-order valence-electron chi connectivity index (χ1n) is 4.15. The second-order valence-electron chi connectivity index (χ2n) is 3.10. The van der Waals surface area contributed by atoms with Crippen LogP contribution in [0.25, 0.3) is 10.1 Å². The Labute approximate surface area is 81.2 Å². The lowest BCUT2D eigenvalue weighted by molar-refractivity contribution is 1.30. The van der Waals surface area contributed by atoms with Gasteiger partial charge in [-0.05, 0) is 29.3 Å². The summed E-state index contributed by atoms with van der Waals surface area (Å²) in [6.45, 7) is 2.08. The molecule has 64 valence electrons. The molecule has 0 radical (unpaired) electrons. The van der Waals surface area contributed by atoms with Gasteiger partial charge in [-0.3, -0.25) is 0 Å². The van der Waals surface area contributed by atoms with Crippen LogP contribution in [0.5, 0.6) is 0 Å². The molecule has 0 bridgehead atoms. The van der Waals surface area contributed by atoms with E-state index < -0.39 is 0 Å². The molecular weight excluding hydrogens is 178 g/mol. The molecule has 0 saturated heterocycles. The summed E-state index contributed by atoms with van der Waals surface area (Å²) in [5.74, 6) is 0. The Hall–Kier alpha value is -1.33. The molecule has 0 aliphatic heterocycles. The predicted octanol–water partition coefficient (Wildman–Crippen LogP) is 3.28. The first-order valence-corrected chi connectivity index (χ1v) is 5.03. The first kappa shape index (κ1) is 8.28. The monoisotopic (exact) mass is 187 g/mol. The summed E-state index contributed by atoms with van der Waals surface area (Å²) >= 11 is 1.71. The van der Waals surface area contributed by atoms with Gasteiger partial charge in [-0.2, -0.15) is 5.26 Å². The molecule has 1 nitrogen and oxygen atoms in total. The van der Waals surface area contributed by atoms with E-state index in [1.807, 2.05) is 0 Å². The van der Waals surface area contributed by atoms with Gasteiger partial charge in [-0.25, -0.2) is 0 Å². The maximum Gasteiger partial charge on any atom is 0.0670 e. The highest BCUT2D eigenvalue weighted by Crippen LogP contribution is 2.26. The van der Waals surface area contributed by atoms with Crippen molar-refractivity contribution in [1.29, 1.82) is 5.26 Å². The van der Waals surface area contributed by atoms with Gasteiger partial charge in [0, 0.05) is 4.70 Å². The fourth-order valence-electron chi connectivity index (χ4n) is 1.42. The zero-order chi connectivity index (χ0) is 9.26. The van der Waals surface area contributed by atoms with E-state index in [9.17, 15) is 0 Å². The Morgan fingerprint density at radius 2 is 2.31 bits per heavy atom. The summed E-state index contributed by atoms with van der Waals surface area (Å²) in [5.41, 5.74) is 2.41. The number of thiophene rings is 1. The second-order valence-corrected chi connectivity index (χ2v) is 4.01. The van der Waals surface area contributed by atoms with E-state index in [2.05, 4.69) is 36.6 Å². The van der Waals surface area contributed by atoms with Crippen LogP contribution in [0.15, 0.2) is 23.6 Å². The summed E-state index contributed by atoms with van der Waals surface area (Å²) in [7, 11) is 0. The van der Waals surface area contributed by atoms with Crippen LogP contribution in [0, 0.1) is 18.3 Å². The molecule has 0 saturated carbocycles. The zero-order valence-corrected chi connectivity index (χ0v) is 8.19. The van der Waals surface area contributed by atoms with Crippen LogP contribution in [0.1, 0.15) is 11.1 Å². The molecule has 0 N–H and O–H groups in total. The van der Waals surface area contributed by atoms with Gasteiger partial charge >= 0.3 is 0 Å². The zero-order valence-electron chi connectivity index (χ0n) is 7.37. The van der Waals surface area contributed by atoms with Crippen molar-refractivity contribution in [3.05, 3.63) is 34.7 Å². The largest absolute Gasteiger partial charge is 0.198 e. The maximum absolute atomic E-state index is 8.62.